The van der Waals surface area contributed by atoms with Crippen LogP contribution in [0.25, 0.3) is 22.1 Å². The van der Waals surface area contributed by atoms with Crippen LogP contribution in [-0.2, 0) is 9.47 Å². The molecule has 2 aromatic carbocycles. The molecular formula is C26H28N2O6. The van der Waals surface area contributed by atoms with Gasteiger partial charge in [-0.3, -0.25) is 9.59 Å². The van der Waals surface area contributed by atoms with Gasteiger partial charge >= 0.3 is 0 Å². The van der Waals surface area contributed by atoms with Gasteiger partial charge in [-0.2, -0.15) is 0 Å². The van der Waals surface area contributed by atoms with Crippen LogP contribution in [0, 0.1) is 18.8 Å². The summed E-state index contributed by atoms with van der Waals surface area (Å²) in [6.45, 7) is 4.15. The Labute approximate surface area is 197 Å². The second-order valence-corrected chi connectivity index (χ2v) is 8.75. The van der Waals surface area contributed by atoms with Gasteiger partial charge in [0.1, 0.15) is 23.7 Å². The molecule has 8 nitrogen and oxygen atoms in total. The highest BCUT2D eigenvalue weighted by molar-refractivity contribution is 6.12. The molecular weight excluding hydrogens is 436 g/mol. The van der Waals surface area contributed by atoms with Gasteiger partial charge in [-0.05, 0) is 36.8 Å². The number of methoxy groups -OCH3 is 1. The van der Waals surface area contributed by atoms with Gasteiger partial charge in [0.15, 0.2) is 0 Å². The molecule has 178 valence electrons. The van der Waals surface area contributed by atoms with Crippen LogP contribution in [0.4, 0.5) is 0 Å². The Morgan fingerprint density at radius 3 is 2.62 bits per heavy atom. The minimum Gasteiger partial charge on any atom is -0.491 e. The third-order valence-corrected chi connectivity index (χ3v) is 6.63. The van der Waals surface area contributed by atoms with E-state index in [4.69, 9.17) is 18.6 Å². The smallest absolute Gasteiger partial charge is 0.254 e. The highest BCUT2D eigenvalue weighted by atomic mass is 16.5. The molecule has 0 unspecified atom stereocenters. The third kappa shape index (κ3) is 4.03. The van der Waals surface area contributed by atoms with Crippen molar-refractivity contribution in [1.29, 1.82) is 0 Å². The molecule has 2 amide bonds. The van der Waals surface area contributed by atoms with E-state index in [-0.39, 0.29) is 17.9 Å². The number of hydrogen-bond donors (Lipinski definition) is 2. The predicted octanol–water partition coefficient (Wildman–Crippen LogP) is 3.17. The van der Waals surface area contributed by atoms with Gasteiger partial charge < -0.3 is 29.3 Å². The highest BCUT2D eigenvalue weighted by Gasteiger charge is 2.54. The number of fused-ring (bicyclic) bond motifs is 2. The van der Waals surface area contributed by atoms with Crippen LogP contribution in [0.5, 0.6) is 5.75 Å². The van der Waals surface area contributed by atoms with Crippen molar-refractivity contribution in [2.24, 2.45) is 11.8 Å². The molecule has 3 atom stereocenters. The minimum absolute atomic E-state index is 0.131. The van der Waals surface area contributed by atoms with Crippen LogP contribution in [0.3, 0.4) is 0 Å². The van der Waals surface area contributed by atoms with E-state index >= 15 is 0 Å². The van der Waals surface area contributed by atoms with Crippen LogP contribution in [0.15, 0.2) is 40.8 Å². The number of rotatable bonds is 8. The van der Waals surface area contributed by atoms with Crippen molar-refractivity contribution in [3.8, 4) is 16.9 Å². The topological polar surface area (TPSA) is 99.0 Å². The summed E-state index contributed by atoms with van der Waals surface area (Å²) in [5.41, 5.74) is 2.90. The first-order valence-corrected chi connectivity index (χ1v) is 11.4. The van der Waals surface area contributed by atoms with Crippen LogP contribution in [-0.4, -0.2) is 58.4 Å². The first-order chi connectivity index (χ1) is 16.5. The maximum Gasteiger partial charge on any atom is 0.254 e. The van der Waals surface area contributed by atoms with Crippen molar-refractivity contribution in [2.75, 3.05) is 40.6 Å². The van der Waals surface area contributed by atoms with Crippen LogP contribution in [0.2, 0.25) is 0 Å². The van der Waals surface area contributed by atoms with E-state index in [1.165, 1.54) is 0 Å². The van der Waals surface area contributed by atoms with Crippen molar-refractivity contribution in [2.45, 2.75) is 13.0 Å². The second kappa shape index (κ2) is 9.12. The lowest BCUT2D eigenvalue weighted by Crippen LogP contribution is -2.30. The molecule has 0 radical (unpaired) electrons. The van der Waals surface area contributed by atoms with E-state index in [1.807, 2.05) is 31.2 Å². The lowest BCUT2D eigenvalue weighted by atomic mass is 9.98. The first kappa shape index (κ1) is 22.4. The Balaban J connectivity index is 1.54. The molecule has 34 heavy (non-hydrogen) atoms. The summed E-state index contributed by atoms with van der Waals surface area (Å²) in [4.78, 5) is 25.8. The summed E-state index contributed by atoms with van der Waals surface area (Å²) in [5, 5.41) is 6.47. The van der Waals surface area contributed by atoms with E-state index < -0.39 is 0 Å². The summed E-state index contributed by atoms with van der Waals surface area (Å²) in [5.74, 6) is 1.62. The summed E-state index contributed by atoms with van der Waals surface area (Å²) in [7, 11) is 3.19. The minimum atomic E-state index is -0.312. The largest absolute Gasteiger partial charge is 0.491 e. The van der Waals surface area contributed by atoms with Gasteiger partial charge in [0, 0.05) is 48.5 Å². The molecule has 2 fully saturated rings. The monoisotopic (exact) mass is 464 g/mol. The van der Waals surface area contributed by atoms with Gasteiger partial charge in [-0.1, -0.05) is 12.1 Å². The fraction of sp³-hybridized carbons (Fsp3) is 0.385. The van der Waals surface area contributed by atoms with E-state index in [0.717, 1.165) is 11.1 Å². The Hall–Kier alpha value is -3.36. The van der Waals surface area contributed by atoms with Crippen LogP contribution < -0.4 is 15.4 Å². The second-order valence-electron chi connectivity index (χ2n) is 8.75. The number of nitrogens with one attached hydrogen (secondary N) is 2. The summed E-state index contributed by atoms with van der Waals surface area (Å²) < 4.78 is 22.3. The number of hydrogen-bond acceptors (Lipinski definition) is 6. The number of benzene rings is 2. The molecule has 0 bridgehead atoms. The molecule has 2 heterocycles. The average molecular weight is 465 g/mol. The fourth-order valence-corrected chi connectivity index (χ4v) is 4.78. The van der Waals surface area contributed by atoms with Gasteiger partial charge in [-0.25, -0.2) is 0 Å². The Bertz CT molecular complexity index is 1240. The van der Waals surface area contributed by atoms with E-state index in [0.29, 0.717) is 71.9 Å². The molecule has 0 spiro atoms. The standard InChI is InChI=1S/C26H28N2O6/c1-14-22(15-5-4-6-17(9-15)33-8-7-31-3)18-10-16(11-19(24(18)34-14)26(30)27-2)25(29)28-23-20-12-32-13-21(20)23/h4-6,9-11,20-21,23H,7-8,12-13H2,1-3H3,(H,27,30)(H,28,29)/t20-,21+,23+. The fourth-order valence-electron chi connectivity index (χ4n) is 4.78. The van der Waals surface area contributed by atoms with E-state index in [2.05, 4.69) is 10.6 Å². The maximum atomic E-state index is 13.1. The molecule has 1 aromatic heterocycles. The van der Waals surface area contributed by atoms with Crippen molar-refractivity contribution in [1.82, 2.24) is 10.6 Å². The molecule has 3 aromatic rings. The summed E-state index contributed by atoms with van der Waals surface area (Å²) in [6.07, 6.45) is 0. The number of carbonyl (C=O) groups is 2. The Morgan fingerprint density at radius 2 is 1.88 bits per heavy atom. The number of furan rings is 1. The zero-order chi connectivity index (χ0) is 23.8. The number of aryl methyl sites for hydroxylation is 1. The molecule has 1 saturated carbocycles. The lowest BCUT2D eigenvalue weighted by molar-refractivity contribution is 0.0929. The van der Waals surface area contributed by atoms with Crippen molar-refractivity contribution >= 4 is 22.8 Å². The Morgan fingerprint density at radius 1 is 1.09 bits per heavy atom. The number of amides is 2. The SMILES string of the molecule is CNC(=O)c1cc(C(=O)N[C@H]2[C@@H]3COC[C@@H]32)cc2c(-c3cccc(OCCOC)c3)c(C)oc12. The van der Waals surface area contributed by atoms with E-state index in [1.54, 1.807) is 26.3 Å². The van der Waals surface area contributed by atoms with Crippen molar-refractivity contribution in [3.63, 3.8) is 0 Å². The normalized spacial score (nSPS) is 20.7. The van der Waals surface area contributed by atoms with Crippen LogP contribution >= 0.6 is 0 Å². The highest BCUT2D eigenvalue weighted by Crippen LogP contribution is 2.44. The van der Waals surface area contributed by atoms with Crippen LogP contribution in [0.1, 0.15) is 26.5 Å². The maximum absolute atomic E-state index is 13.1. The molecule has 1 aliphatic carbocycles. The third-order valence-electron chi connectivity index (χ3n) is 6.63. The van der Waals surface area contributed by atoms with Gasteiger partial charge in [0.2, 0.25) is 0 Å². The molecule has 8 heteroatoms. The molecule has 2 aliphatic rings. The van der Waals surface area contributed by atoms with Gasteiger partial charge in [-0.15, -0.1) is 0 Å². The Kier molecular flexibility index (Phi) is 6.02. The summed E-state index contributed by atoms with van der Waals surface area (Å²) in [6, 6.07) is 11.2. The predicted molar refractivity (Wildman–Crippen MR) is 126 cm³/mol. The van der Waals surface area contributed by atoms with Crippen molar-refractivity contribution in [3.05, 3.63) is 53.3 Å². The zero-order valence-electron chi connectivity index (χ0n) is 19.5. The number of ether oxygens (including phenoxy) is 3. The molecule has 2 N–H and O–H groups in total. The quantitative estimate of drug-likeness (QED) is 0.497. The zero-order valence-corrected chi connectivity index (χ0v) is 19.5. The van der Waals surface area contributed by atoms with Gasteiger partial charge in [0.25, 0.3) is 11.8 Å². The first-order valence-electron chi connectivity index (χ1n) is 11.4. The summed E-state index contributed by atoms with van der Waals surface area (Å²) >= 11 is 0. The average Bonchev–Trinajstić information content (AvgIpc) is 3.15. The molecule has 1 aliphatic heterocycles. The van der Waals surface area contributed by atoms with E-state index in [9.17, 15) is 9.59 Å². The van der Waals surface area contributed by atoms with Crippen molar-refractivity contribution < 1.29 is 28.2 Å². The number of carbonyl (C=O) groups excluding carboxylic acids is 2. The molecule has 1 saturated heterocycles. The lowest BCUT2D eigenvalue weighted by Gasteiger charge is -2.10. The van der Waals surface area contributed by atoms with Gasteiger partial charge in [0.05, 0.1) is 25.4 Å². The molecule has 5 rings (SSSR count).